The number of aromatic amines is 1. The smallest absolute Gasteiger partial charge is 0.338 e. The third-order valence-electron chi connectivity index (χ3n) is 2.47. The SMILES string of the molecule is COc1cc2c(C(=O)O)c(C)[nH]c2cc1Br. The molecule has 0 bridgehead atoms. The zero-order valence-corrected chi connectivity index (χ0v) is 10.4. The van der Waals surface area contributed by atoms with Gasteiger partial charge in [-0.05, 0) is 35.0 Å². The number of aromatic nitrogens is 1. The van der Waals surface area contributed by atoms with Crippen LogP contribution in [0.15, 0.2) is 16.6 Å². The molecule has 84 valence electrons. The van der Waals surface area contributed by atoms with E-state index in [2.05, 4.69) is 20.9 Å². The Morgan fingerprint density at radius 3 is 2.75 bits per heavy atom. The van der Waals surface area contributed by atoms with Crippen LogP contribution < -0.4 is 4.74 Å². The molecule has 0 aliphatic carbocycles. The lowest BCUT2D eigenvalue weighted by molar-refractivity contribution is 0.0698. The van der Waals surface area contributed by atoms with E-state index < -0.39 is 5.97 Å². The summed E-state index contributed by atoms with van der Waals surface area (Å²) in [6.45, 7) is 1.74. The van der Waals surface area contributed by atoms with Gasteiger partial charge in [-0.1, -0.05) is 0 Å². The standard InChI is InChI=1S/C11H10BrNO3/c1-5-10(11(14)15)6-3-9(16-2)7(12)4-8(6)13-5/h3-4,13H,1-2H3,(H,14,15). The van der Waals surface area contributed by atoms with E-state index in [0.717, 1.165) is 9.99 Å². The van der Waals surface area contributed by atoms with Gasteiger partial charge in [0, 0.05) is 16.6 Å². The lowest BCUT2D eigenvalue weighted by Gasteiger charge is -2.03. The van der Waals surface area contributed by atoms with Crippen LogP contribution in [0.1, 0.15) is 16.1 Å². The van der Waals surface area contributed by atoms with Gasteiger partial charge in [0.05, 0.1) is 17.1 Å². The molecule has 0 spiro atoms. The Hall–Kier alpha value is -1.49. The molecular formula is C11H10BrNO3. The van der Waals surface area contributed by atoms with Crippen molar-refractivity contribution in [2.75, 3.05) is 7.11 Å². The quantitative estimate of drug-likeness (QED) is 0.891. The van der Waals surface area contributed by atoms with Crippen LogP contribution >= 0.6 is 15.9 Å². The van der Waals surface area contributed by atoms with Gasteiger partial charge >= 0.3 is 5.97 Å². The Morgan fingerprint density at radius 1 is 1.50 bits per heavy atom. The van der Waals surface area contributed by atoms with Crippen LogP contribution in [0.5, 0.6) is 5.75 Å². The first-order valence-electron chi connectivity index (χ1n) is 4.63. The summed E-state index contributed by atoms with van der Waals surface area (Å²) < 4.78 is 5.94. The second-order valence-corrected chi connectivity index (χ2v) is 4.32. The number of H-pyrrole nitrogens is 1. The van der Waals surface area contributed by atoms with Crippen LogP contribution in [0, 0.1) is 6.92 Å². The molecule has 0 saturated carbocycles. The Morgan fingerprint density at radius 2 is 2.19 bits per heavy atom. The summed E-state index contributed by atoms with van der Waals surface area (Å²) in [6.07, 6.45) is 0. The Kier molecular flexibility index (Phi) is 2.63. The average Bonchev–Trinajstić information content (AvgIpc) is 2.51. The zero-order valence-electron chi connectivity index (χ0n) is 8.80. The van der Waals surface area contributed by atoms with Crippen molar-refractivity contribution in [1.29, 1.82) is 0 Å². The number of rotatable bonds is 2. The molecule has 0 unspecified atom stereocenters. The molecule has 0 amide bonds. The summed E-state index contributed by atoms with van der Waals surface area (Å²) in [6, 6.07) is 3.53. The van der Waals surface area contributed by atoms with E-state index in [1.165, 1.54) is 0 Å². The van der Waals surface area contributed by atoms with Crippen LogP contribution in [-0.2, 0) is 0 Å². The van der Waals surface area contributed by atoms with Crippen molar-refractivity contribution in [3.8, 4) is 5.75 Å². The van der Waals surface area contributed by atoms with Gasteiger partial charge in [-0.3, -0.25) is 0 Å². The summed E-state index contributed by atoms with van der Waals surface area (Å²) in [7, 11) is 1.55. The topological polar surface area (TPSA) is 62.3 Å². The van der Waals surface area contributed by atoms with E-state index in [4.69, 9.17) is 9.84 Å². The summed E-state index contributed by atoms with van der Waals surface area (Å²) in [5, 5.41) is 9.77. The molecule has 0 fully saturated rings. The molecule has 2 rings (SSSR count). The molecule has 1 aromatic heterocycles. The minimum absolute atomic E-state index is 0.292. The summed E-state index contributed by atoms with van der Waals surface area (Å²) in [5.74, 6) is -0.317. The first kappa shape index (κ1) is 11.0. The number of benzene rings is 1. The number of ether oxygens (including phenoxy) is 1. The van der Waals surface area contributed by atoms with Crippen molar-refractivity contribution in [1.82, 2.24) is 4.98 Å². The molecule has 2 aromatic rings. The minimum atomic E-state index is -0.937. The summed E-state index contributed by atoms with van der Waals surface area (Å²) in [5.41, 5.74) is 1.71. The lowest BCUT2D eigenvalue weighted by Crippen LogP contribution is -1.97. The molecular weight excluding hydrogens is 274 g/mol. The van der Waals surface area contributed by atoms with Crippen LogP contribution in [0.25, 0.3) is 10.9 Å². The number of nitrogens with one attached hydrogen (secondary N) is 1. The molecule has 5 heteroatoms. The number of hydrogen-bond donors (Lipinski definition) is 2. The first-order valence-corrected chi connectivity index (χ1v) is 5.43. The molecule has 0 aliphatic heterocycles. The molecule has 2 N–H and O–H groups in total. The fraction of sp³-hybridized carbons (Fsp3) is 0.182. The van der Waals surface area contributed by atoms with Crippen LogP contribution in [0.2, 0.25) is 0 Å². The van der Waals surface area contributed by atoms with Gasteiger partial charge in [-0.2, -0.15) is 0 Å². The van der Waals surface area contributed by atoms with Crippen molar-refractivity contribution < 1.29 is 14.6 Å². The largest absolute Gasteiger partial charge is 0.496 e. The second kappa shape index (κ2) is 3.83. The maximum Gasteiger partial charge on any atom is 0.338 e. The van der Waals surface area contributed by atoms with E-state index >= 15 is 0 Å². The summed E-state index contributed by atoms with van der Waals surface area (Å²) in [4.78, 5) is 14.1. The number of carboxylic acids is 1. The molecule has 0 atom stereocenters. The van der Waals surface area contributed by atoms with Gasteiger partial charge in [-0.15, -0.1) is 0 Å². The van der Waals surface area contributed by atoms with Gasteiger partial charge in [-0.25, -0.2) is 4.79 Å². The predicted molar refractivity (Wildman–Crippen MR) is 64.2 cm³/mol. The number of carbonyl (C=O) groups is 1. The predicted octanol–water partition coefficient (Wildman–Crippen LogP) is 2.95. The van der Waals surface area contributed by atoms with E-state index in [9.17, 15) is 4.79 Å². The maximum absolute atomic E-state index is 11.1. The lowest BCUT2D eigenvalue weighted by atomic mass is 10.1. The molecule has 4 nitrogen and oxygen atoms in total. The van der Waals surface area contributed by atoms with Gasteiger partial charge in [0.2, 0.25) is 0 Å². The van der Waals surface area contributed by atoms with Gasteiger partial charge in [0.15, 0.2) is 0 Å². The highest BCUT2D eigenvalue weighted by Crippen LogP contribution is 2.32. The van der Waals surface area contributed by atoms with Crippen molar-refractivity contribution in [3.63, 3.8) is 0 Å². The molecule has 1 aromatic carbocycles. The van der Waals surface area contributed by atoms with E-state index in [-0.39, 0.29) is 0 Å². The van der Waals surface area contributed by atoms with E-state index in [1.54, 1.807) is 20.1 Å². The van der Waals surface area contributed by atoms with Crippen LogP contribution in [0.3, 0.4) is 0 Å². The highest BCUT2D eigenvalue weighted by atomic mass is 79.9. The molecule has 0 aliphatic rings. The number of carboxylic acid groups (broad SMARTS) is 1. The molecule has 1 heterocycles. The van der Waals surface area contributed by atoms with E-state index in [0.29, 0.717) is 22.4 Å². The maximum atomic E-state index is 11.1. The third kappa shape index (κ3) is 1.57. The van der Waals surface area contributed by atoms with Crippen LogP contribution in [-0.4, -0.2) is 23.2 Å². The fourth-order valence-corrected chi connectivity index (χ4v) is 2.27. The molecule has 0 saturated heterocycles. The minimum Gasteiger partial charge on any atom is -0.496 e. The number of hydrogen-bond acceptors (Lipinski definition) is 2. The van der Waals surface area contributed by atoms with Crippen LogP contribution in [0.4, 0.5) is 0 Å². The van der Waals surface area contributed by atoms with Crippen molar-refractivity contribution >= 4 is 32.8 Å². The number of methoxy groups -OCH3 is 1. The monoisotopic (exact) mass is 283 g/mol. The number of halogens is 1. The highest BCUT2D eigenvalue weighted by Gasteiger charge is 2.16. The molecule has 16 heavy (non-hydrogen) atoms. The van der Waals surface area contributed by atoms with Gasteiger partial charge in [0.25, 0.3) is 0 Å². The highest BCUT2D eigenvalue weighted by molar-refractivity contribution is 9.10. The summed E-state index contributed by atoms with van der Waals surface area (Å²) >= 11 is 3.36. The van der Waals surface area contributed by atoms with Gasteiger partial charge in [0.1, 0.15) is 5.75 Å². The van der Waals surface area contributed by atoms with Crippen molar-refractivity contribution in [3.05, 3.63) is 27.9 Å². The Labute approximate surface area is 100 Å². The normalized spacial score (nSPS) is 10.7. The van der Waals surface area contributed by atoms with E-state index in [1.807, 2.05) is 6.07 Å². The fourth-order valence-electron chi connectivity index (χ4n) is 1.76. The average molecular weight is 284 g/mol. The number of aryl methyl sites for hydroxylation is 1. The zero-order chi connectivity index (χ0) is 11.9. The molecule has 0 radical (unpaired) electrons. The third-order valence-corrected chi connectivity index (χ3v) is 3.09. The second-order valence-electron chi connectivity index (χ2n) is 3.46. The Balaban J connectivity index is 2.82. The Bertz CT molecular complexity index is 574. The first-order chi connectivity index (χ1) is 7.54. The van der Waals surface area contributed by atoms with Crippen molar-refractivity contribution in [2.45, 2.75) is 6.92 Å². The van der Waals surface area contributed by atoms with Gasteiger partial charge < -0.3 is 14.8 Å². The number of fused-ring (bicyclic) bond motifs is 1. The van der Waals surface area contributed by atoms with Crippen molar-refractivity contribution in [2.24, 2.45) is 0 Å². The number of aromatic carboxylic acids is 1.